The first-order valence-electron chi connectivity index (χ1n) is 6.09. The van der Waals surface area contributed by atoms with E-state index in [9.17, 15) is 18.0 Å². The number of rotatable bonds is 4. The highest BCUT2D eigenvalue weighted by Crippen LogP contribution is 2.32. The second-order valence-corrected chi connectivity index (χ2v) is 4.79. The molecule has 0 spiro atoms. The van der Waals surface area contributed by atoms with Crippen molar-refractivity contribution in [2.75, 3.05) is 0 Å². The van der Waals surface area contributed by atoms with Gasteiger partial charge in [0.05, 0.1) is 0 Å². The van der Waals surface area contributed by atoms with Crippen molar-refractivity contribution in [3.05, 3.63) is 12.2 Å². The van der Waals surface area contributed by atoms with Gasteiger partial charge in [0.2, 0.25) is 0 Å². The molecule has 1 aromatic heterocycles. The third-order valence-corrected chi connectivity index (χ3v) is 3.40. The van der Waals surface area contributed by atoms with E-state index in [1.165, 1.54) is 0 Å². The summed E-state index contributed by atoms with van der Waals surface area (Å²) in [6.45, 7) is 0. The van der Waals surface area contributed by atoms with E-state index in [1.54, 1.807) is 0 Å². The number of halogens is 3. The van der Waals surface area contributed by atoms with Gasteiger partial charge in [-0.1, -0.05) is 25.7 Å². The molecule has 0 aromatic carbocycles. The molecule has 1 aliphatic rings. The van der Waals surface area contributed by atoms with Crippen LogP contribution in [0, 0.1) is 5.92 Å². The average Bonchev–Trinajstić information content (AvgIpc) is 2.95. The standard InChI is InChI=1S/C11H14F3N3O2/c12-11(13,14)10-15-6-17(16-10)8(9(18)19)5-7-3-1-2-4-7/h6-8H,1-5H2,(H,18,19)/t8-/m0/s1. The predicted octanol–water partition coefficient (Wildman–Crippen LogP) is 2.50. The average molecular weight is 277 g/mol. The summed E-state index contributed by atoms with van der Waals surface area (Å²) < 4.78 is 38.0. The minimum atomic E-state index is -4.65. The fourth-order valence-electron chi connectivity index (χ4n) is 2.44. The van der Waals surface area contributed by atoms with Crippen LogP contribution in [-0.2, 0) is 11.0 Å². The molecule has 0 saturated heterocycles. The van der Waals surface area contributed by atoms with Gasteiger partial charge in [-0.05, 0) is 12.3 Å². The summed E-state index contributed by atoms with van der Waals surface area (Å²) in [4.78, 5) is 14.3. The largest absolute Gasteiger partial charge is 0.480 e. The highest BCUT2D eigenvalue weighted by molar-refractivity contribution is 5.71. The van der Waals surface area contributed by atoms with Crippen LogP contribution < -0.4 is 0 Å². The highest BCUT2D eigenvalue weighted by Gasteiger charge is 2.37. The van der Waals surface area contributed by atoms with Crippen LogP contribution in [0.15, 0.2) is 6.33 Å². The van der Waals surface area contributed by atoms with Crippen LogP contribution in [0.4, 0.5) is 13.2 Å². The number of hydrogen-bond donors (Lipinski definition) is 1. The first-order chi connectivity index (χ1) is 8.88. The minimum absolute atomic E-state index is 0.236. The van der Waals surface area contributed by atoms with E-state index in [0.29, 0.717) is 6.42 Å². The monoisotopic (exact) mass is 277 g/mol. The molecule has 19 heavy (non-hydrogen) atoms. The fraction of sp³-hybridized carbons (Fsp3) is 0.727. The molecule has 5 nitrogen and oxygen atoms in total. The van der Waals surface area contributed by atoms with Crippen LogP contribution in [0.2, 0.25) is 0 Å². The zero-order valence-corrected chi connectivity index (χ0v) is 10.1. The summed E-state index contributed by atoms with van der Waals surface area (Å²) in [5, 5.41) is 12.4. The number of aliphatic carboxylic acids is 1. The maximum Gasteiger partial charge on any atom is 0.453 e. The van der Waals surface area contributed by atoms with Gasteiger partial charge in [-0.2, -0.15) is 13.2 Å². The molecule has 1 aliphatic carbocycles. The molecule has 0 amide bonds. The van der Waals surface area contributed by atoms with E-state index in [0.717, 1.165) is 36.7 Å². The van der Waals surface area contributed by atoms with Crippen molar-refractivity contribution in [1.29, 1.82) is 0 Å². The van der Waals surface area contributed by atoms with Crippen LogP contribution >= 0.6 is 0 Å². The minimum Gasteiger partial charge on any atom is -0.480 e. The number of nitrogens with zero attached hydrogens (tertiary/aromatic N) is 3. The van der Waals surface area contributed by atoms with Gasteiger partial charge in [0.25, 0.3) is 5.82 Å². The van der Waals surface area contributed by atoms with Crippen LogP contribution in [-0.4, -0.2) is 25.8 Å². The summed E-state index contributed by atoms with van der Waals surface area (Å²) >= 11 is 0. The highest BCUT2D eigenvalue weighted by atomic mass is 19.4. The Hall–Kier alpha value is -1.60. The van der Waals surface area contributed by atoms with Gasteiger partial charge in [-0.15, -0.1) is 5.10 Å². The van der Waals surface area contributed by atoms with Crippen molar-refractivity contribution in [3.63, 3.8) is 0 Å². The SMILES string of the molecule is O=C(O)[C@H](CC1CCCC1)n1cnc(C(F)(F)F)n1. The molecule has 1 saturated carbocycles. The van der Waals surface area contributed by atoms with E-state index in [-0.39, 0.29) is 5.92 Å². The Morgan fingerprint density at radius 2 is 2.11 bits per heavy atom. The van der Waals surface area contributed by atoms with Crippen molar-refractivity contribution in [2.45, 2.75) is 44.3 Å². The number of alkyl halides is 3. The summed E-state index contributed by atoms with van der Waals surface area (Å²) in [6, 6.07) is -1.08. The van der Waals surface area contributed by atoms with Gasteiger partial charge in [0.15, 0.2) is 6.04 Å². The topological polar surface area (TPSA) is 68.0 Å². The Morgan fingerprint density at radius 1 is 1.47 bits per heavy atom. The second-order valence-electron chi connectivity index (χ2n) is 4.79. The molecule has 1 aromatic rings. The van der Waals surface area contributed by atoms with E-state index < -0.39 is 24.0 Å². The van der Waals surface area contributed by atoms with Gasteiger partial charge in [-0.3, -0.25) is 0 Å². The fourth-order valence-corrected chi connectivity index (χ4v) is 2.44. The molecule has 0 aliphatic heterocycles. The molecular formula is C11H14F3N3O2. The molecule has 106 valence electrons. The van der Waals surface area contributed by atoms with Gasteiger partial charge >= 0.3 is 12.1 Å². The molecule has 1 N–H and O–H groups in total. The van der Waals surface area contributed by atoms with Crippen molar-refractivity contribution >= 4 is 5.97 Å². The van der Waals surface area contributed by atoms with E-state index in [1.807, 2.05) is 0 Å². The maximum atomic E-state index is 12.4. The zero-order chi connectivity index (χ0) is 14.0. The van der Waals surface area contributed by atoms with Crippen molar-refractivity contribution in [1.82, 2.24) is 14.8 Å². The number of hydrogen-bond acceptors (Lipinski definition) is 3. The lowest BCUT2D eigenvalue weighted by Gasteiger charge is -2.16. The van der Waals surface area contributed by atoms with Crippen LogP contribution in [0.1, 0.15) is 44.0 Å². The third kappa shape index (κ3) is 3.24. The quantitative estimate of drug-likeness (QED) is 0.918. The Balaban J connectivity index is 2.14. The third-order valence-electron chi connectivity index (χ3n) is 3.40. The normalized spacial score (nSPS) is 18.7. The lowest BCUT2D eigenvalue weighted by molar-refractivity contribution is -0.147. The number of carbonyl (C=O) groups is 1. The van der Waals surface area contributed by atoms with E-state index >= 15 is 0 Å². The molecule has 8 heteroatoms. The second kappa shape index (κ2) is 5.18. The molecule has 2 rings (SSSR count). The molecule has 0 radical (unpaired) electrons. The van der Waals surface area contributed by atoms with Crippen LogP contribution in [0.5, 0.6) is 0 Å². The van der Waals surface area contributed by atoms with Crippen molar-refractivity contribution < 1.29 is 23.1 Å². The summed E-state index contributed by atoms with van der Waals surface area (Å²) in [7, 11) is 0. The Bertz CT molecular complexity index is 452. The number of carboxylic acids is 1. The van der Waals surface area contributed by atoms with E-state index in [4.69, 9.17) is 5.11 Å². The maximum absolute atomic E-state index is 12.4. The van der Waals surface area contributed by atoms with Gasteiger partial charge in [0, 0.05) is 0 Å². The number of carboxylic acid groups (broad SMARTS) is 1. The summed E-state index contributed by atoms with van der Waals surface area (Å²) in [5.41, 5.74) is 0. The number of aromatic nitrogens is 3. The van der Waals surface area contributed by atoms with Crippen molar-refractivity contribution in [2.24, 2.45) is 5.92 Å². The van der Waals surface area contributed by atoms with Crippen LogP contribution in [0.3, 0.4) is 0 Å². The lowest BCUT2D eigenvalue weighted by Crippen LogP contribution is -2.22. The summed E-state index contributed by atoms with van der Waals surface area (Å²) in [6.07, 6.45) is 0.424. The predicted molar refractivity (Wildman–Crippen MR) is 58.3 cm³/mol. The first kappa shape index (κ1) is 13.8. The summed E-state index contributed by atoms with van der Waals surface area (Å²) in [5.74, 6) is -2.24. The Kier molecular flexibility index (Phi) is 3.77. The molecule has 1 heterocycles. The van der Waals surface area contributed by atoms with Gasteiger partial charge < -0.3 is 5.11 Å². The Morgan fingerprint density at radius 3 is 2.58 bits per heavy atom. The van der Waals surface area contributed by atoms with Gasteiger partial charge in [0.1, 0.15) is 6.33 Å². The smallest absolute Gasteiger partial charge is 0.453 e. The Labute approximate surface area is 107 Å². The molecule has 1 atom stereocenters. The molecular weight excluding hydrogens is 263 g/mol. The molecule has 0 bridgehead atoms. The van der Waals surface area contributed by atoms with Crippen LogP contribution in [0.25, 0.3) is 0 Å². The first-order valence-corrected chi connectivity index (χ1v) is 6.09. The molecule has 1 fully saturated rings. The van der Waals surface area contributed by atoms with E-state index in [2.05, 4.69) is 10.1 Å². The lowest BCUT2D eigenvalue weighted by atomic mass is 9.98. The van der Waals surface area contributed by atoms with Gasteiger partial charge in [-0.25, -0.2) is 14.5 Å². The molecule has 0 unspecified atom stereocenters. The zero-order valence-electron chi connectivity index (χ0n) is 10.1. The van der Waals surface area contributed by atoms with Crippen molar-refractivity contribution in [3.8, 4) is 0 Å².